The van der Waals surface area contributed by atoms with Gasteiger partial charge in [0.15, 0.2) is 0 Å². The average molecular weight is 430 g/mol. The van der Waals surface area contributed by atoms with Crippen molar-refractivity contribution in [2.45, 2.75) is 0 Å². The highest BCUT2D eigenvalue weighted by molar-refractivity contribution is 6.46. The molecule has 7 heteroatoms. The zero-order valence-corrected chi connectivity index (χ0v) is 17.9. The minimum absolute atomic E-state index is 0.177. The summed E-state index contributed by atoms with van der Waals surface area (Å²) in [6.45, 7) is 0. The van der Waals surface area contributed by atoms with Crippen molar-refractivity contribution in [1.29, 1.82) is 0 Å². The van der Waals surface area contributed by atoms with Gasteiger partial charge < -0.3 is 19.5 Å². The molecule has 4 rings (SSSR count). The van der Waals surface area contributed by atoms with Crippen molar-refractivity contribution in [2.24, 2.45) is 0 Å². The molecule has 0 aliphatic carbocycles. The Morgan fingerprint density at radius 3 is 2.00 bits per heavy atom. The zero-order valence-electron chi connectivity index (χ0n) is 17.9. The molecule has 2 amide bonds. The second-order valence-electron chi connectivity index (χ2n) is 6.95. The molecule has 32 heavy (non-hydrogen) atoms. The van der Waals surface area contributed by atoms with Crippen LogP contribution in [0.1, 0.15) is 5.56 Å². The van der Waals surface area contributed by atoms with Gasteiger partial charge in [-0.3, -0.25) is 9.59 Å². The predicted molar refractivity (Wildman–Crippen MR) is 122 cm³/mol. The number of carbonyl (C=O) groups is 2. The molecule has 0 radical (unpaired) electrons. The Labute approximate surface area is 185 Å². The van der Waals surface area contributed by atoms with Crippen molar-refractivity contribution < 1.29 is 23.8 Å². The number of hydrogen-bond donors (Lipinski definition) is 1. The summed E-state index contributed by atoms with van der Waals surface area (Å²) in [6, 6.07) is 21.1. The Bertz CT molecular complexity index is 1190. The van der Waals surface area contributed by atoms with Crippen molar-refractivity contribution in [3.05, 3.63) is 84.1 Å². The normalized spacial score (nSPS) is 13.4. The number of nitrogens with one attached hydrogen (secondary N) is 1. The number of nitrogens with zero attached hydrogens (tertiary/aromatic N) is 1. The monoisotopic (exact) mass is 430 g/mol. The Kier molecular flexibility index (Phi) is 5.81. The quantitative estimate of drug-likeness (QED) is 0.569. The topological polar surface area (TPSA) is 77.1 Å². The Hall–Kier alpha value is -4.26. The molecule has 3 aromatic rings. The number of imide groups is 1. The summed E-state index contributed by atoms with van der Waals surface area (Å²) in [5.41, 5.74) is 2.04. The smallest absolute Gasteiger partial charge is 0.282 e. The van der Waals surface area contributed by atoms with Crippen molar-refractivity contribution in [1.82, 2.24) is 0 Å². The molecule has 1 aliphatic heterocycles. The lowest BCUT2D eigenvalue weighted by Crippen LogP contribution is -2.32. The lowest BCUT2D eigenvalue weighted by atomic mass is 10.0. The van der Waals surface area contributed by atoms with Crippen LogP contribution in [0.4, 0.5) is 11.4 Å². The summed E-state index contributed by atoms with van der Waals surface area (Å²) in [6.07, 6.45) is 0. The van der Waals surface area contributed by atoms with Crippen molar-refractivity contribution >= 4 is 28.8 Å². The second-order valence-corrected chi connectivity index (χ2v) is 6.95. The van der Waals surface area contributed by atoms with E-state index in [2.05, 4.69) is 5.32 Å². The molecule has 7 nitrogen and oxygen atoms in total. The van der Waals surface area contributed by atoms with E-state index in [-0.39, 0.29) is 11.3 Å². The average Bonchev–Trinajstić information content (AvgIpc) is 3.08. The molecule has 0 atom stereocenters. The molecule has 0 fully saturated rings. The van der Waals surface area contributed by atoms with E-state index in [1.54, 1.807) is 61.7 Å². The van der Waals surface area contributed by atoms with Crippen LogP contribution in [0.3, 0.4) is 0 Å². The van der Waals surface area contributed by atoms with Crippen LogP contribution in [0.15, 0.2) is 78.5 Å². The van der Waals surface area contributed by atoms with Gasteiger partial charge in [-0.05, 0) is 42.0 Å². The first kappa shape index (κ1) is 21.0. The SMILES string of the molecule is COc1ccc(NC2=C(c3ccccc3)C(=O)N(c3cc(OC)ccc3OC)C2=O)cc1. The van der Waals surface area contributed by atoms with Crippen LogP contribution >= 0.6 is 0 Å². The van der Waals surface area contributed by atoms with E-state index in [1.165, 1.54) is 14.2 Å². The molecule has 1 N–H and O–H groups in total. The van der Waals surface area contributed by atoms with Gasteiger partial charge in [0.05, 0.1) is 32.6 Å². The van der Waals surface area contributed by atoms with Crippen LogP contribution in [-0.2, 0) is 9.59 Å². The standard InChI is InChI=1S/C25H22N2O5/c1-30-18-11-9-17(10-12-18)26-23-22(16-7-5-4-6-8-16)24(28)27(25(23)29)20-15-19(31-2)13-14-21(20)32-3/h4-15,26H,1-3H3. The molecular formula is C25H22N2O5. The maximum Gasteiger partial charge on any atom is 0.282 e. The van der Waals surface area contributed by atoms with Crippen molar-refractivity contribution in [3.8, 4) is 17.2 Å². The fourth-order valence-electron chi connectivity index (χ4n) is 3.53. The maximum atomic E-state index is 13.6. The van der Waals surface area contributed by atoms with Gasteiger partial charge in [0.1, 0.15) is 22.9 Å². The number of benzene rings is 3. The van der Waals surface area contributed by atoms with E-state index in [0.29, 0.717) is 34.2 Å². The molecule has 1 heterocycles. The third-order valence-electron chi connectivity index (χ3n) is 5.13. The van der Waals surface area contributed by atoms with Crippen LogP contribution in [0.25, 0.3) is 5.57 Å². The minimum Gasteiger partial charge on any atom is -0.497 e. The first-order chi connectivity index (χ1) is 15.6. The van der Waals surface area contributed by atoms with Gasteiger partial charge in [0.25, 0.3) is 11.8 Å². The summed E-state index contributed by atoms with van der Waals surface area (Å²) in [5, 5.41) is 3.13. The highest BCUT2D eigenvalue weighted by atomic mass is 16.5. The number of rotatable bonds is 7. The van der Waals surface area contributed by atoms with E-state index < -0.39 is 11.8 Å². The van der Waals surface area contributed by atoms with Crippen LogP contribution in [0.2, 0.25) is 0 Å². The van der Waals surface area contributed by atoms with Crippen LogP contribution in [-0.4, -0.2) is 33.1 Å². The highest BCUT2D eigenvalue weighted by Crippen LogP contribution is 2.39. The number of carbonyl (C=O) groups excluding carboxylic acids is 2. The summed E-state index contributed by atoms with van der Waals surface area (Å²) in [5.74, 6) is 0.620. The largest absolute Gasteiger partial charge is 0.497 e. The van der Waals surface area contributed by atoms with E-state index >= 15 is 0 Å². The van der Waals surface area contributed by atoms with Crippen LogP contribution in [0, 0.1) is 0 Å². The summed E-state index contributed by atoms with van der Waals surface area (Å²) < 4.78 is 15.9. The maximum absolute atomic E-state index is 13.6. The third kappa shape index (κ3) is 3.76. The van der Waals surface area contributed by atoms with E-state index in [9.17, 15) is 9.59 Å². The van der Waals surface area contributed by atoms with Gasteiger partial charge in [-0.25, -0.2) is 4.90 Å². The van der Waals surface area contributed by atoms with Crippen LogP contribution < -0.4 is 24.4 Å². The summed E-state index contributed by atoms with van der Waals surface area (Å²) >= 11 is 0. The van der Waals surface area contributed by atoms with Gasteiger partial charge in [-0.1, -0.05) is 30.3 Å². The van der Waals surface area contributed by atoms with E-state index in [4.69, 9.17) is 14.2 Å². The molecular weight excluding hydrogens is 408 g/mol. The Morgan fingerprint density at radius 2 is 1.38 bits per heavy atom. The molecule has 0 saturated carbocycles. The molecule has 0 unspecified atom stereocenters. The van der Waals surface area contributed by atoms with Gasteiger partial charge in [-0.15, -0.1) is 0 Å². The summed E-state index contributed by atoms with van der Waals surface area (Å²) in [4.78, 5) is 28.2. The van der Waals surface area contributed by atoms with Gasteiger partial charge in [0.2, 0.25) is 0 Å². The minimum atomic E-state index is -0.490. The molecule has 0 spiro atoms. The lowest BCUT2D eigenvalue weighted by molar-refractivity contribution is -0.120. The van der Waals surface area contributed by atoms with E-state index in [1.807, 2.05) is 18.2 Å². The zero-order chi connectivity index (χ0) is 22.7. The molecule has 3 aromatic carbocycles. The first-order valence-corrected chi connectivity index (χ1v) is 9.89. The molecule has 1 aliphatic rings. The van der Waals surface area contributed by atoms with Gasteiger partial charge >= 0.3 is 0 Å². The van der Waals surface area contributed by atoms with Gasteiger partial charge in [-0.2, -0.15) is 0 Å². The van der Waals surface area contributed by atoms with Crippen LogP contribution in [0.5, 0.6) is 17.2 Å². The Morgan fingerprint density at radius 1 is 0.719 bits per heavy atom. The molecule has 0 aromatic heterocycles. The molecule has 0 saturated heterocycles. The van der Waals surface area contributed by atoms with Crippen molar-refractivity contribution in [3.63, 3.8) is 0 Å². The van der Waals surface area contributed by atoms with Crippen molar-refractivity contribution in [2.75, 3.05) is 31.5 Å². The lowest BCUT2D eigenvalue weighted by Gasteiger charge is -2.19. The highest BCUT2D eigenvalue weighted by Gasteiger charge is 2.41. The molecule has 0 bridgehead atoms. The predicted octanol–water partition coefficient (Wildman–Crippen LogP) is 4.11. The number of methoxy groups -OCH3 is 3. The number of anilines is 2. The second kappa shape index (κ2) is 8.85. The fraction of sp³-hybridized carbons (Fsp3) is 0.120. The number of ether oxygens (including phenoxy) is 3. The van der Waals surface area contributed by atoms with E-state index in [0.717, 1.165) is 4.90 Å². The number of amides is 2. The third-order valence-corrected chi connectivity index (χ3v) is 5.13. The Balaban J connectivity index is 1.82. The molecule has 162 valence electrons. The first-order valence-electron chi connectivity index (χ1n) is 9.89. The number of hydrogen-bond acceptors (Lipinski definition) is 6. The summed E-state index contributed by atoms with van der Waals surface area (Å²) in [7, 11) is 4.58. The van der Waals surface area contributed by atoms with Gasteiger partial charge in [0, 0.05) is 11.8 Å². The fourth-order valence-corrected chi connectivity index (χ4v) is 3.53.